The topological polar surface area (TPSA) is 19.9 Å². The van der Waals surface area contributed by atoms with Gasteiger partial charge in [-0.25, -0.2) is 5.11 Å². The molecule has 0 amide bonds. The molecule has 0 aromatic heterocycles. The van der Waals surface area contributed by atoms with Crippen LogP contribution < -0.4 is 0 Å². The number of hydrogen-bond acceptors (Lipinski definition) is 0. The average Bonchev–Trinajstić information content (AvgIpc) is 2.64. The molecule has 1 rings (SSSR count). The summed E-state index contributed by atoms with van der Waals surface area (Å²) in [7, 11) is 0. The Kier molecular flexibility index (Phi) is 7.27. The summed E-state index contributed by atoms with van der Waals surface area (Å²) < 4.78 is 237. The lowest BCUT2D eigenvalue weighted by Gasteiger charge is -2.36. The van der Waals surface area contributed by atoms with E-state index in [0.717, 1.165) is 0 Å². The van der Waals surface area contributed by atoms with Gasteiger partial charge in [0, 0.05) is 11.1 Å². The minimum atomic E-state index is -7.65. The molecule has 1 nitrogen and oxygen atoms in total. The number of rotatable bonds is 7. The molecule has 19 heteroatoms. The highest BCUT2D eigenvalue weighted by Gasteiger charge is 2.83. The first-order valence-electron chi connectivity index (χ1n) is 8.24. The predicted molar refractivity (Wildman–Crippen MR) is 75.2 cm³/mol. The molecule has 0 bridgehead atoms. The summed E-state index contributed by atoms with van der Waals surface area (Å²) in [6.45, 7) is 0.208. The largest absolute Gasteiger partial charge is 0.460 e. The Hall–Kier alpha value is -2.08. The molecule has 1 aromatic carbocycles. The van der Waals surface area contributed by atoms with Crippen LogP contribution in [0, 0.1) is 0 Å². The van der Waals surface area contributed by atoms with Gasteiger partial charge in [-0.05, 0) is 18.6 Å². The van der Waals surface area contributed by atoms with E-state index >= 15 is 0 Å². The van der Waals surface area contributed by atoms with Gasteiger partial charge in [-0.2, -0.15) is 79.0 Å². The van der Waals surface area contributed by atoms with Gasteiger partial charge in [0.15, 0.2) is 0 Å². The van der Waals surface area contributed by atoms with Crippen LogP contribution in [0.25, 0.3) is 0 Å². The zero-order chi connectivity index (χ0) is 28.4. The highest BCUT2D eigenvalue weighted by Crippen LogP contribution is 2.60. The molecule has 0 aliphatic carbocycles. The van der Waals surface area contributed by atoms with E-state index in [0.29, 0.717) is 0 Å². The number of benzene rings is 1. The van der Waals surface area contributed by atoms with Crippen LogP contribution in [0.2, 0.25) is 0 Å². The fraction of sp³-hybridized carbons (Fsp3) is 0.625. The Balaban J connectivity index is 3.96. The van der Waals surface area contributed by atoms with Gasteiger partial charge in [0.05, 0.1) is 0 Å². The van der Waals surface area contributed by atoms with Crippen LogP contribution in [0.1, 0.15) is 29.7 Å². The second-order valence-corrected chi connectivity index (χ2v) is 6.89. The molecule has 1 atom stereocenters. The van der Waals surface area contributed by atoms with Gasteiger partial charge in [-0.3, -0.25) is 0 Å². The smallest absolute Gasteiger partial charge is 0.228 e. The van der Waals surface area contributed by atoms with E-state index in [-0.39, 0.29) is 6.92 Å². The summed E-state index contributed by atoms with van der Waals surface area (Å²) >= 11 is 0. The normalized spacial score (nSPS) is 16.5. The summed E-state index contributed by atoms with van der Waals surface area (Å²) in [5, 5.41) is 11.4. The molecule has 0 spiro atoms. The third-order valence-electron chi connectivity index (χ3n) is 4.48. The summed E-state index contributed by atoms with van der Waals surface area (Å²) in [5.74, 6) is -44.3. The monoisotopic (exact) mass is 557 g/mol. The van der Waals surface area contributed by atoms with E-state index in [1.807, 2.05) is 0 Å². The van der Waals surface area contributed by atoms with E-state index < -0.39 is 88.9 Å². The Morgan fingerprint density at radius 3 is 1.20 bits per heavy atom. The van der Waals surface area contributed by atoms with E-state index in [1.54, 1.807) is 0 Å². The van der Waals surface area contributed by atoms with Gasteiger partial charge < -0.3 is 0 Å². The Morgan fingerprint density at radius 1 is 0.543 bits per heavy atom. The summed E-state index contributed by atoms with van der Waals surface area (Å²) in [4.78, 5) is 0. The third kappa shape index (κ3) is 4.36. The number of halogens is 18. The Morgan fingerprint density at radius 2 is 0.886 bits per heavy atom. The van der Waals surface area contributed by atoms with E-state index in [9.17, 15) is 84.1 Å². The Bertz CT molecular complexity index is 923. The van der Waals surface area contributed by atoms with Crippen molar-refractivity contribution >= 4 is 0 Å². The lowest BCUT2D eigenvalue weighted by molar-refractivity contribution is -0.400. The fourth-order valence-corrected chi connectivity index (χ4v) is 2.48. The molecule has 203 valence electrons. The first kappa shape index (κ1) is 31.0. The summed E-state index contributed by atoms with van der Waals surface area (Å²) in [6, 6.07) is -2.66. The van der Waals surface area contributed by atoms with Crippen molar-refractivity contribution in [3.63, 3.8) is 0 Å². The van der Waals surface area contributed by atoms with Gasteiger partial charge in [0.1, 0.15) is 6.10 Å². The molecule has 1 unspecified atom stereocenters. The number of alkyl halides is 18. The van der Waals surface area contributed by atoms with Crippen LogP contribution in [-0.4, -0.2) is 36.0 Å². The molecule has 0 fully saturated rings. The highest BCUT2D eigenvalue weighted by molar-refractivity contribution is 5.41. The zero-order valence-electron chi connectivity index (χ0n) is 16.0. The van der Waals surface area contributed by atoms with Gasteiger partial charge in [-0.15, -0.1) is 0 Å². The molecule has 0 aliphatic heterocycles. The molecular weight excluding hydrogens is 550 g/mol. The van der Waals surface area contributed by atoms with Crippen LogP contribution in [0.5, 0.6) is 0 Å². The van der Waals surface area contributed by atoms with Crippen molar-refractivity contribution in [2.24, 2.45) is 0 Å². The van der Waals surface area contributed by atoms with Crippen LogP contribution in [0.4, 0.5) is 79.0 Å². The van der Waals surface area contributed by atoms with Gasteiger partial charge in [-0.1, -0.05) is 12.1 Å². The number of hydrogen-bond donors (Lipinski definition) is 0. The molecule has 0 saturated heterocycles. The van der Waals surface area contributed by atoms with Crippen molar-refractivity contribution in [2.75, 3.05) is 0 Å². The summed E-state index contributed by atoms with van der Waals surface area (Å²) in [5.41, 5.74) is -8.23. The van der Waals surface area contributed by atoms with Crippen molar-refractivity contribution in [2.45, 2.75) is 60.9 Å². The molecule has 1 aromatic rings. The van der Waals surface area contributed by atoms with E-state index in [4.69, 9.17) is 0 Å². The highest BCUT2D eigenvalue weighted by atomic mass is 19.4. The van der Waals surface area contributed by atoms with E-state index in [1.165, 1.54) is 0 Å². The van der Waals surface area contributed by atoms with Crippen molar-refractivity contribution in [3.8, 4) is 0 Å². The fourth-order valence-electron chi connectivity index (χ4n) is 2.48. The van der Waals surface area contributed by atoms with Crippen LogP contribution >= 0.6 is 0 Å². The van der Waals surface area contributed by atoms with Crippen molar-refractivity contribution in [3.05, 3.63) is 34.9 Å². The van der Waals surface area contributed by atoms with Crippen LogP contribution in [-0.2, 0) is 17.0 Å². The minimum Gasteiger partial charge on any atom is -0.228 e. The maximum Gasteiger partial charge on any atom is 0.460 e. The average molecular weight is 557 g/mol. The Labute approximate surface area is 181 Å². The predicted octanol–water partition coefficient (Wildman–Crippen LogP) is 8.03. The van der Waals surface area contributed by atoms with Gasteiger partial charge in [0.2, 0.25) is 0 Å². The lowest BCUT2D eigenvalue weighted by atomic mass is 9.87. The second-order valence-electron chi connectivity index (χ2n) is 6.89. The van der Waals surface area contributed by atoms with Gasteiger partial charge >= 0.3 is 47.9 Å². The first-order valence-corrected chi connectivity index (χ1v) is 8.24. The second kappa shape index (κ2) is 8.22. The molecule has 0 saturated carbocycles. The SMILES string of the molecule is CC([O])c1ccc(C(F)(F)C(F)(F)C(F)(F)C(F)(F)F)cc1C(F)(F)C(F)(F)C(F)(F)C(F)(F)F. The summed E-state index contributed by atoms with van der Waals surface area (Å²) in [6.07, 6.45) is -17.7. The molecule has 0 N–H and O–H groups in total. The van der Waals surface area contributed by atoms with Gasteiger partial charge in [0.25, 0.3) is 0 Å². The molecule has 1 radical (unpaired) electrons. The standard InChI is InChI=1S/C16H7F18O/c1-5(35)7-3-2-6(9(17,18)11(21,22)13(25,26)15(29,30)31)4-8(7)10(19,20)12(23,24)14(27,28)16(32,33)34/h2-5H,1H3. The minimum absolute atomic E-state index is 0.208. The molecule has 0 heterocycles. The maximum absolute atomic E-state index is 14.2. The maximum atomic E-state index is 14.2. The quantitative estimate of drug-likeness (QED) is 0.303. The third-order valence-corrected chi connectivity index (χ3v) is 4.48. The van der Waals surface area contributed by atoms with Crippen molar-refractivity contribution in [1.29, 1.82) is 0 Å². The van der Waals surface area contributed by atoms with Crippen molar-refractivity contribution < 1.29 is 84.1 Å². The van der Waals surface area contributed by atoms with E-state index in [2.05, 4.69) is 0 Å². The molecule has 35 heavy (non-hydrogen) atoms. The lowest BCUT2D eigenvalue weighted by Crippen LogP contribution is -2.60. The first-order chi connectivity index (χ1) is 15.0. The van der Waals surface area contributed by atoms with Crippen molar-refractivity contribution in [1.82, 2.24) is 0 Å². The van der Waals surface area contributed by atoms with Crippen LogP contribution in [0.3, 0.4) is 0 Å². The molecular formula is C16H7F18O. The molecule has 0 aliphatic rings. The van der Waals surface area contributed by atoms with Crippen LogP contribution in [0.15, 0.2) is 18.2 Å². The zero-order valence-corrected chi connectivity index (χ0v) is 16.0.